The summed E-state index contributed by atoms with van der Waals surface area (Å²) in [7, 11) is 1.58. The molecule has 8 heteroatoms. The second kappa shape index (κ2) is 8.02. The van der Waals surface area contributed by atoms with Crippen molar-refractivity contribution in [2.75, 3.05) is 25.5 Å². The number of rotatable bonds is 4. The van der Waals surface area contributed by atoms with E-state index in [1.807, 2.05) is 29.3 Å². The number of anilines is 1. The van der Waals surface area contributed by atoms with Gasteiger partial charge in [-0.1, -0.05) is 18.2 Å². The molecule has 2 N–H and O–H groups in total. The van der Waals surface area contributed by atoms with Gasteiger partial charge in [-0.15, -0.1) is 0 Å². The van der Waals surface area contributed by atoms with Crippen LogP contribution in [0.25, 0.3) is 5.57 Å². The normalized spacial score (nSPS) is 18.9. The predicted octanol–water partition coefficient (Wildman–Crippen LogP) is 1.99. The number of hydrogen-bond donors (Lipinski definition) is 2. The van der Waals surface area contributed by atoms with Crippen LogP contribution in [0.2, 0.25) is 0 Å². The zero-order valence-electron chi connectivity index (χ0n) is 16.3. The lowest BCUT2D eigenvalue weighted by Crippen LogP contribution is -2.34. The molecule has 1 atom stereocenters. The van der Waals surface area contributed by atoms with Gasteiger partial charge in [-0.2, -0.15) is 5.06 Å². The van der Waals surface area contributed by atoms with Crippen LogP contribution in [0.3, 0.4) is 0 Å². The van der Waals surface area contributed by atoms with Gasteiger partial charge >= 0.3 is 0 Å². The van der Waals surface area contributed by atoms with Crippen molar-refractivity contribution in [1.29, 1.82) is 0 Å². The van der Waals surface area contributed by atoms with Gasteiger partial charge in [0.05, 0.1) is 12.3 Å². The molecule has 8 nitrogen and oxygen atoms in total. The number of amides is 2. The molecule has 4 rings (SSSR count). The molecule has 2 aliphatic heterocycles. The molecular weight excluding hydrogens is 372 g/mol. The molecule has 3 heterocycles. The summed E-state index contributed by atoms with van der Waals surface area (Å²) in [6.07, 6.45) is 3.29. The maximum atomic E-state index is 11.8. The summed E-state index contributed by atoms with van der Waals surface area (Å²) in [6.45, 7) is 3.34. The minimum atomic E-state index is -0.484. The lowest BCUT2D eigenvalue weighted by molar-refractivity contribution is -0.150. The fraction of sp³-hybridized carbons (Fsp3) is 0.286. The number of nitrogens with zero attached hydrogens (tertiary/aromatic N) is 2. The number of aromatic nitrogens is 1. The van der Waals surface area contributed by atoms with E-state index in [2.05, 4.69) is 21.7 Å². The maximum absolute atomic E-state index is 11.8. The lowest BCUT2D eigenvalue weighted by atomic mass is 10.1. The molecule has 0 fully saturated rings. The Hall–Kier alpha value is -3.23. The summed E-state index contributed by atoms with van der Waals surface area (Å²) >= 11 is 0. The fourth-order valence-electron chi connectivity index (χ4n) is 3.20. The zero-order chi connectivity index (χ0) is 20.4. The van der Waals surface area contributed by atoms with Crippen LogP contribution >= 0.6 is 0 Å². The second-order valence-electron chi connectivity index (χ2n) is 6.92. The van der Waals surface area contributed by atoms with Crippen LogP contribution in [0.1, 0.15) is 28.5 Å². The molecular formula is C21H22N4O4. The van der Waals surface area contributed by atoms with Gasteiger partial charge in [0.1, 0.15) is 11.4 Å². The number of carbonyl (C=O) groups excluding carboxylic acids is 2. The third kappa shape index (κ3) is 4.13. The highest BCUT2D eigenvalue weighted by Crippen LogP contribution is 2.31. The average molecular weight is 394 g/mol. The first-order valence-corrected chi connectivity index (χ1v) is 9.39. The van der Waals surface area contributed by atoms with Crippen molar-refractivity contribution in [2.24, 2.45) is 0 Å². The van der Waals surface area contributed by atoms with Crippen molar-refractivity contribution in [3.05, 3.63) is 59.4 Å². The Morgan fingerprint density at radius 2 is 2.21 bits per heavy atom. The highest BCUT2D eigenvalue weighted by Gasteiger charge is 2.24. The maximum Gasteiger partial charge on any atom is 0.269 e. The van der Waals surface area contributed by atoms with Crippen molar-refractivity contribution >= 4 is 23.1 Å². The molecule has 150 valence electrons. The largest absolute Gasteiger partial charge is 0.479 e. The average Bonchev–Trinajstić information content (AvgIpc) is 2.75. The molecule has 0 aliphatic carbocycles. The van der Waals surface area contributed by atoms with Gasteiger partial charge in [0.2, 0.25) is 0 Å². The van der Waals surface area contributed by atoms with Crippen molar-refractivity contribution in [3.8, 4) is 5.75 Å². The van der Waals surface area contributed by atoms with E-state index in [1.54, 1.807) is 26.2 Å². The number of nitrogens with one attached hydrogen (secondary N) is 2. The molecule has 1 aromatic carbocycles. The summed E-state index contributed by atoms with van der Waals surface area (Å²) in [5, 5.41) is 7.27. The molecule has 0 spiro atoms. The summed E-state index contributed by atoms with van der Waals surface area (Å²) in [5.41, 5.74) is 4.03. The molecule has 0 saturated heterocycles. The first-order chi connectivity index (χ1) is 14.0. The topological polar surface area (TPSA) is 92.8 Å². The third-order valence-corrected chi connectivity index (χ3v) is 4.87. The number of ether oxygens (including phenoxy) is 1. The minimum absolute atomic E-state index is 0.146. The predicted molar refractivity (Wildman–Crippen MR) is 107 cm³/mol. The molecule has 2 aliphatic rings. The van der Waals surface area contributed by atoms with E-state index in [1.165, 1.54) is 0 Å². The van der Waals surface area contributed by atoms with Crippen molar-refractivity contribution < 1.29 is 19.2 Å². The van der Waals surface area contributed by atoms with Gasteiger partial charge in [-0.3, -0.25) is 19.4 Å². The van der Waals surface area contributed by atoms with Gasteiger partial charge in [0, 0.05) is 26.3 Å². The molecule has 0 bridgehead atoms. The Morgan fingerprint density at radius 1 is 1.34 bits per heavy atom. The van der Waals surface area contributed by atoms with Crippen LogP contribution in [0, 0.1) is 0 Å². The summed E-state index contributed by atoms with van der Waals surface area (Å²) < 4.78 is 5.59. The number of hydroxylamine groups is 2. The summed E-state index contributed by atoms with van der Waals surface area (Å²) in [6, 6.07) is 9.31. The van der Waals surface area contributed by atoms with E-state index < -0.39 is 6.10 Å². The molecule has 2 aromatic rings. The molecule has 29 heavy (non-hydrogen) atoms. The summed E-state index contributed by atoms with van der Waals surface area (Å²) in [5.74, 6) is 0.320. The summed E-state index contributed by atoms with van der Waals surface area (Å²) in [4.78, 5) is 33.5. The first-order valence-electron chi connectivity index (χ1n) is 9.39. The molecule has 0 saturated carbocycles. The smallest absolute Gasteiger partial charge is 0.269 e. The Labute approximate surface area is 168 Å². The van der Waals surface area contributed by atoms with Crippen LogP contribution in [0.5, 0.6) is 5.75 Å². The quantitative estimate of drug-likeness (QED) is 0.824. The van der Waals surface area contributed by atoms with Crippen LogP contribution in [-0.2, 0) is 16.2 Å². The Morgan fingerprint density at radius 3 is 2.90 bits per heavy atom. The molecule has 0 radical (unpaired) electrons. The number of fused-ring (bicyclic) bond motifs is 1. The number of benzene rings is 1. The van der Waals surface area contributed by atoms with Gasteiger partial charge < -0.3 is 15.4 Å². The highest BCUT2D eigenvalue weighted by molar-refractivity contribution is 5.97. The van der Waals surface area contributed by atoms with Crippen molar-refractivity contribution in [2.45, 2.75) is 19.6 Å². The van der Waals surface area contributed by atoms with Crippen LogP contribution < -0.4 is 15.4 Å². The monoisotopic (exact) mass is 394 g/mol. The lowest BCUT2D eigenvalue weighted by Gasteiger charge is -2.27. The van der Waals surface area contributed by atoms with Crippen molar-refractivity contribution in [3.63, 3.8) is 0 Å². The molecule has 1 aromatic heterocycles. The minimum Gasteiger partial charge on any atom is -0.479 e. The standard InChI is InChI=1S/C21H22N4O4/c1-13-20(26)24-18-9-14(3-6-19(18)29-13)11-25-8-7-16(12-28-25)15-4-5-17(23-10-15)21(27)22-2/h3-7,9-10,13H,8,11-12H2,1-2H3,(H,22,27)(H,24,26). The van der Waals surface area contributed by atoms with Crippen LogP contribution in [0.4, 0.5) is 5.69 Å². The Bertz CT molecular complexity index is 971. The molecule has 2 amide bonds. The van der Waals surface area contributed by atoms with Gasteiger partial charge in [0.15, 0.2) is 6.10 Å². The van der Waals surface area contributed by atoms with E-state index >= 15 is 0 Å². The number of pyridine rings is 1. The van der Waals surface area contributed by atoms with Gasteiger partial charge in [-0.25, -0.2) is 0 Å². The van der Waals surface area contributed by atoms with Crippen molar-refractivity contribution in [1.82, 2.24) is 15.4 Å². The Kier molecular flexibility index (Phi) is 5.28. The van der Waals surface area contributed by atoms with Gasteiger partial charge in [0.25, 0.3) is 11.8 Å². The zero-order valence-corrected chi connectivity index (χ0v) is 16.3. The van der Waals surface area contributed by atoms with E-state index in [0.29, 0.717) is 36.8 Å². The van der Waals surface area contributed by atoms with E-state index in [0.717, 1.165) is 16.7 Å². The van der Waals surface area contributed by atoms with Gasteiger partial charge in [-0.05, 0) is 41.8 Å². The highest BCUT2D eigenvalue weighted by atomic mass is 16.7. The SMILES string of the molecule is CNC(=O)c1ccc(C2=CCN(Cc3ccc4c(c3)NC(=O)C(C)O4)OC2)cn1. The van der Waals surface area contributed by atoms with Crippen LogP contribution in [-0.4, -0.2) is 48.2 Å². The second-order valence-corrected chi connectivity index (χ2v) is 6.92. The fourth-order valence-corrected chi connectivity index (χ4v) is 3.20. The number of hydrogen-bond acceptors (Lipinski definition) is 6. The van der Waals surface area contributed by atoms with E-state index in [4.69, 9.17) is 9.57 Å². The van der Waals surface area contributed by atoms with Crippen LogP contribution in [0.15, 0.2) is 42.6 Å². The first kappa shape index (κ1) is 19.1. The Balaban J connectivity index is 1.40. The van der Waals surface area contributed by atoms with E-state index in [-0.39, 0.29) is 11.8 Å². The number of carbonyl (C=O) groups is 2. The van der Waals surface area contributed by atoms with E-state index in [9.17, 15) is 9.59 Å². The third-order valence-electron chi connectivity index (χ3n) is 4.87. The molecule has 1 unspecified atom stereocenters.